The van der Waals surface area contributed by atoms with Gasteiger partial charge in [0.25, 0.3) is 5.69 Å². The Morgan fingerprint density at radius 1 is 1.57 bits per heavy atom. The van der Waals surface area contributed by atoms with Gasteiger partial charge in [0, 0.05) is 12.7 Å². The highest BCUT2D eigenvalue weighted by Gasteiger charge is 2.19. The molecule has 0 saturated heterocycles. The third-order valence-electron chi connectivity index (χ3n) is 1.72. The van der Waals surface area contributed by atoms with E-state index in [-0.39, 0.29) is 11.3 Å². The van der Waals surface area contributed by atoms with Gasteiger partial charge in [0.15, 0.2) is 6.29 Å². The van der Waals surface area contributed by atoms with Crippen molar-refractivity contribution in [1.82, 2.24) is 0 Å². The Morgan fingerprint density at radius 3 is 2.79 bits per heavy atom. The Morgan fingerprint density at radius 2 is 2.21 bits per heavy atom. The molecule has 0 bridgehead atoms. The van der Waals surface area contributed by atoms with Crippen molar-refractivity contribution in [3.63, 3.8) is 0 Å². The Labute approximate surface area is 81.1 Å². The molecule has 0 aromatic heterocycles. The lowest BCUT2D eigenvalue weighted by Crippen LogP contribution is -2.05. The summed E-state index contributed by atoms with van der Waals surface area (Å²) in [5, 5.41) is 20.0. The molecule has 0 fully saturated rings. The summed E-state index contributed by atoms with van der Waals surface area (Å²) in [6.45, 7) is 2.01. The number of hydrogen-bond acceptors (Lipinski definition) is 4. The van der Waals surface area contributed by atoms with Crippen LogP contribution in [0.1, 0.15) is 18.8 Å². The Balaban J connectivity index is 3.00. The lowest BCUT2D eigenvalue weighted by atomic mass is 10.2. The molecule has 0 radical (unpaired) electrons. The fourth-order valence-electron chi connectivity index (χ4n) is 1.11. The summed E-state index contributed by atoms with van der Waals surface area (Å²) in [5.41, 5.74) is 0.0489. The lowest BCUT2D eigenvalue weighted by Gasteiger charge is -2.10. The second-order valence-electron chi connectivity index (χ2n) is 2.62. The standard InChI is InChI=1S/C9H11NO4/c1-2-14-9(11)7-5-3-4-6-8(7)10(12)13/h3-6,9,11H,2H2,1H3. The molecule has 0 aliphatic heterocycles. The van der Waals surface area contributed by atoms with Crippen LogP contribution in [0.5, 0.6) is 0 Å². The highest BCUT2D eigenvalue weighted by atomic mass is 16.6. The van der Waals surface area contributed by atoms with Crippen LogP contribution < -0.4 is 0 Å². The Hall–Kier alpha value is -1.46. The summed E-state index contributed by atoms with van der Waals surface area (Å²) in [5.74, 6) is 0. The summed E-state index contributed by atoms with van der Waals surface area (Å²) in [7, 11) is 0. The molecule has 1 unspecified atom stereocenters. The quantitative estimate of drug-likeness (QED) is 0.452. The fourth-order valence-corrected chi connectivity index (χ4v) is 1.11. The van der Waals surface area contributed by atoms with Crippen molar-refractivity contribution in [3.05, 3.63) is 39.9 Å². The third-order valence-corrected chi connectivity index (χ3v) is 1.72. The number of benzene rings is 1. The monoisotopic (exact) mass is 197 g/mol. The summed E-state index contributed by atoms with van der Waals surface area (Å²) >= 11 is 0. The molecule has 0 saturated carbocycles. The lowest BCUT2D eigenvalue weighted by molar-refractivity contribution is -0.387. The molecule has 5 heteroatoms. The largest absolute Gasteiger partial charge is 0.364 e. The van der Waals surface area contributed by atoms with Crippen LogP contribution in [0, 0.1) is 10.1 Å². The molecule has 1 atom stereocenters. The third kappa shape index (κ3) is 2.27. The molecule has 0 aliphatic rings. The number of aliphatic hydroxyl groups excluding tert-OH is 1. The SMILES string of the molecule is CCOC(O)c1ccccc1[N+](=O)[O-]. The topological polar surface area (TPSA) is 72.6 Å². The molecular formula is C9H11NO4. The molecule has 0 spiro atoms. The van der Waals surface area contributed by atoms with Gasteiger partial charge >= 0.3 is 0 Å². The second-order valence-corrected chi connectivity index (χ2v) is 2.62. The summed E-state index contributed by atoms with van der Waals surface area (Å²) in [4.78, 5) is 10.0. The van der Waals surface area contributed by atoms with Crippen molar-refractivity contribution < 1.29 is 14.8 Å². The number of ether oxygens (including phenoxy) is 1. The molecule has 14 heavy (non-hydrogen) atoms. The zero-order valence-electron chi connectivity index (χ0n) is 7.71. The van der Waals surface area contributed by atoms with Gasteiger partial charge in [-0.25, -0.2) is 0 Å². The normalized spacial score (nSPS) is 12.4. The summed E-state index contributed by atoms with van der Waals surface area (Å²) in [6, 6.07) is 5.96. The predicted molar refractivity (Wildman–Crippen MR) is 49.7 cm³/mol. The average Bonchev–Trinajstić information content (AvgIpc) is 2.18. The van der Waals surface area contributed by atoms with E-state index in [4.69, 9.17) is 4.74 Å². The maximum Gasteiger partial charge on any atom is 0.277 e. The molecule has 1 aromatic rings. The molecule has 76 valence electrons. The molecule has 1 N–H and O–H groups in total. The molecule has 1 rings (SSSR count). The maximum atomic E-state index is 10.6. The van der Waals surface area contributed by atoms with Crippen molar-refractivity contribution in [1.29, 1.82) is 0 Å². The first-order valence-corrected chi connectivity index (χ1v) is 4.19. The Bertz CT molecular complexity index is 326. The summed E-state index contributed by atoms with van der Waals surface area (Å²) < 4.78 is 4.87. The minimum absolute atomic E-state index is 0.131. The molecule has 0 aliphatic carbocycles. The first-order valence-electron chi connectivity index (χ1n) is 4.19. The van der Waals surface area contributed by atoms with Gasteiger partial charge in [-0.3, -0.25) is 10.1 Å². The number of hydrogen-bond donors (Lipinski definition) is 1. The average molecular weight is 197 g/mol. The second kappa shape index (κ2) is 4.69. The van der Waals surface area contributed by atoms with Gasteiger partial charge in [0.2, 0.25) is 0 Å². The van der Waals surface area contributed by atoms with Gasteiger partial charge in [0.1, 0.15) is 0 Å². The van der Waals surface area contributed by atoms with Crippen LogP contribution in [0.3, 0.4) is 0 Å². The zero-order valence-corrected chi connectivity index (χ0v) is 7.71. The van der Waals surface area contributed by atoms with Crippen LogP contribution in [0.25, 0.3) is 0 Å². The minimum atomic E-state index is -1.23. The molecule has 0 amide bonds. The first-order chi connectivity index (χ1) is 6.66. The van der Waals surface area contributed by atoms with Crippen molar-refractivity contribution in [3.8, 4) is 0 Å². The smallest absolute Gasteiger partial charge is 0.277 e. The number of para-hydroxylation sites is 1. The van der Waals surface area contributed by atoms with E-state index in [1.807, 2.05) is 0 Å². The van der Waals surface area contributed by atoms with E-state index in [1.54, 1.807) is 19.1 Å². The number of nitrogens with zero attached hydrogens (tertiary/aromatic N) is 1. The number of aliphatic hydroxyl groups is 1. The highest BCUT2D eigenvalue weighted by Crippen LogP contribution is 2.24. The molecule has 5 nitrogen and oxygen atoms in total. The highest BCUT2D eigenvalue weighted by molar-refractivity contribution is 5.40. The van der Waals surface area contributed by atoms with E-state index in [0.29, 0.717) is 6.61 Å². The molecule has 0 heterocycles. The van der Waals surface area contributed by atoms with Crippen LogP contribution in [0.4, 0.5) is 5.69 Å². The van der Waals surface area contributed by atoms with Gasteiger partial charge in [-0.2, -0.15) is 0 Å². The first kappa shape index (κ1) is 10.6. The molecule has 1 aromatic carbocycles. The van der Waals surface area contributed by atoms with E-state index in [2.05, 4.69) is 0 Å². The Kier molecular flexibility index (Phi) is 3.55. The van der Waals surface area contributed by atoms with Crippen molar-refractivity contribution in [2.45, 2.75) is 13.2 Å². The van der Waals surface area contributed by atoms with E-state index in [0.717, 1.165) is 0 Å². The van der Waals surface area contributed by atoms with Crippen LogP contribution in [0.15, 0.2) is 24.3 Å². The van der Waals surface area contributed by atoms with Crippen molar-refractivity contribution >= 4 is 5.69 Å². The van der Waals surface area contributed by atoms with Gasteiger partial charge in [-0.05, 0) is 13.0 Å². The molecular weight excluding hydrogens is 186 g/mol. The van der Waals surface area contributed by atoms with Crippen LogP contribution >= 0.6 is 0 Å². The van der Waals surface area contributed by atoms with E-state index in [9.17, 15) is 15.2 Å². The number of nitro groups is 1. The summed E-state index contributed by atoms with van der Waals surface area (Å²) in [6.07, 6.45) is -1.23. The van der Waals surface area contributed by atoms with Gasteiger partial charge in [-0.15, -0.1) is 0 Å². The van der Waals surface area contributed by atoms with E-state index < -0.39 is 11.2 Å². The number of rotatable bonds is 4. The van der Waals surface area contributed by atoms with E-state index >= 15 is 0 Å². The predicted octanol–water partition coefficient (Wildman–Crippen LogP) is 1.62. The minimum Gasteiger partial charge on any atom is -0.364 e. The maximum absolute atomic E-state index is 10.6. The van der Waals surface area contributed by atoms with Crippen molar-refractivity contribution in [2.75, 3.05) is 6.61 Å². The van der Waals surface area contributed by atoms with Crippen molar-refractivity contribution in [2.24, 2.45) is 0 Å². The van der Waals surface area contributed by atoms with Gasteiger partial charge in [-0.1, -0.05) is 12.1 Å². The van der Waals surface area contributed by atoms with Crippen LogP contribution in [0.2, 0.25) is 0 Å². The van der Waals surface area contributed by atoms with E-state index in [1.165, 1.54) is 12.1 Å². The number of nitro benzene ring substituents is 1. The fraction of sp³-hybridized carbons (Fsp3) is 0.333. The van der Waals surface area contributed by atoms with Gasteiger partial charge in [0.05, 0.1) is 10.5 Å². The zero-order chi connectivity index (χ0) is 10.6. The van der Waals surface area contributed by atoms with Crippen LogP contribution in [-0.2, 0) is 4.74 Å². The van der Waals surface area contributed by atoms with Crippen LogP contribution in [-0.4, -0.2) is 16.6 Å². The van der Waals surface area contributed by atoms with Gasteiger partial charge < -0.3 is 9.84 Å².